The normalized spacial score (nSPS) is 20.3. The molecule has 2 aliphatic rings. The fourth-order valence-electron chi connectivity index (χ4n) is 4.15. The number of ether oxygens (including phenoxy) is 2. The van der Waals surface area contributed by atoms with Gasteiger partial charge < -0.3 is 14.8 Å². The van der Waals surface area contributed by atoms with Crippen LogP contribution in [0.4, 0.5) is 0 Å². The third-order valence-corrected chi connectivity index (χ3v) is 5.27. The van der Waals surface area contributed by atoms with E-state index in [0.717, 1.165) is 11.3 Å². The number of ketones is 1. The first-order valence-electron chi connectivity index (χ1n) is 9.93. The predicted octanol–water partition coefficient (Wildman–Crippen LogP) is 3.95. The summed E-state index contributed by atoms with van der Waals surface area (Å²) in [6.07, 6.45) is 2.62. The highest BCUT2D eigenvalue weighted by atomic mass is 16.5. The van der Waals surface area contributed by atoms with Gasteiger partial charge in [0.25, 0.3) is 0 Å². The second kappa shape index (κ2) is 8.30. The van der Waals surface area contributed by atoms with Crippen LogP contribution in [0.1, 0.15) is 52.0 Å². The Morgan fingerprint density at radius 2 is 1.90 bits per heavy atom. The summed E-state index contributed by atoms with van der Waals surface area (Å²) in [5.41, 5.74) is 3.13. The Morgan fingerprint density at radius 3 is 2.50 bits per heavy atom. The molecule has 1 aromatic rings. The second-order valence-corrected chi connectivity index (χ2v) is 8.48. The monoisotopic (exact) mass is 409 g/mol. The fraction of sp³-hybridized carbons (Fsp3) is 0.375. The first-order valence-corrected chi connectivity index (χ1v) is 9.93. The molecule has 0 amide bonds. The van der Waals surface area contributed by atoms with E-state index in [9.17, 15) is 14.4 Å². The van der Waals surface area contributed by atoms with Gasteiger partial charge in [0.2, 0.25) is 0 Å². The van der Waals surface area contributed by atoms with Crippen molar-refractivity contribution in [3.63, 3.8) is 0 Å². The molecule has 0 saturated carbocycles. The minimum atomic E-state index is -0.548. The number of benzene rings is 1. The van der Waals surface area contributed by atoms with Gasteiger partial charge in [-0.1, -0.05) is 38.6 Å². The SMILES string of the molecule is C=CCOC(=O)C1=C(C)NC2=C(C(=O)CC(C)(C)C2)[C@@H]1c1ccc(OC(C)=O)cc1. The van der Waals surface area contributed by atoms with Gasteiger partial charge in [-0.25, -0.2) is 4.79 Å². The van der Waals surface area contributed by atoms with E-state index in [1.807, 2.05) is 6.92 Å². The minimum absolute atomic E-state index is 0.0179. The summed E-state index contributed by atoms with van der Waals surface area (Å²) in [6.45, 7) is 10.9. The Labute approximate surface area is 176 Å². The number of hydrogen-bond acceptors (Lipinski definition) is 6. The molecule has 1 aliphatic carbocycles. The van der Waals surface area contributed by atoms with Crippen molar-refractivity contribution in [3.8, 4) is 5.75 Å². The highest BCUT2D eigenvalue weighted by molar-refractivity contribution is 6.04. The first kappa shape index (κ1) is 21.6. The molecule has 0 unspecified atom stereocenters. The summed E-state index contributed by atoms with van der Waals surface area (Å²) < 4.78 is 10.4. The van der Waals surface area contributed by atoms with E-state index >= 15 is 0 Å². The average Bonchev–Trinajstić information content (AvgIpc) is 2.64. The molecular formula is C24H27NO5. The smallest absolute Gasteiger partial charge is 0.337 e. The van der Waals surface area contributed by atoms with Crippen molar-refractivity contribution < 1.29 is 23.9 Å². The molecular weight excluding hydrogens is 382 g/mol. The summed E-state index contributed by atoms with van der Waals surface area (Å²) in [5.74, 6) is -1.03. The van der Waals surface area contributed by atoms with Crippen LogP contribution < -0.4 is 10.1 Å². The van der Waals surface area contributed by atoms with Crippen molar-refractivity contribution in [1.82, 2.24) is 5.32 Å². The predicted molar refractivity (Wildman–Crippen MR) is 113 cm³/mol. The number of carbonyl (C=O) groups is 3. The van der Waals surface area contributed by atoms with Crippen LogP contribution in [0.5, 0.6) is 5.75 Å². The lowest BCUT2D eigenvalue weighted by Gasteiger charge is -2.39. The molecule has 1 aromatic carbocycles. The molecule has 0 spiro atoms. The van der Waals surface area contributed by atoms with Crippen molar-refractivity contribution in [3.05, 3.63) is 65.0 Å². The number of dihydropyridines is 1. The average molecular weight is 409 g/mol. The molecule has 0 aromatic heterocycles. The summed E-state index contributed by atoms with van der Waals surface area (Å²) >= 11 is 0. The number of hydrogen-bond donors (Lipinski definition) is 1. The molecule has 3 rings (SSSR count). The maximum absolute atomic E-state index is 13.2. The highest BCUT2D eigenvalue weighted by Crippen LogP contribution is 2.46. The second-order valence-electron chi connectivity index (χ2n) is 8.48. The van der Waals surface area contributed by atoms with Crippen LogP contribution in [0.3, 0.4) is 0 Å². The van der Waals surface area contributed by atoms with Crippen LogP contribution in [0.2, 0.25) is 0 Å². The van der Waals surface area contributed by atoms with E-state index in [1.54, 1.807) is 24.3 Å². The Balaban J connectivity index is 2.10. The number of nitrogens with one attached hydrogen (secondary N) is 1. The van der Waals surface area contributed by atoms with Gasteiger partial charge in [0.05, 0.1) is 5.57 Å². The number of Topliss-reactive ketones (excluding diaryl/α,β-unsaturated/α-hetero) is 1. The van der Waals surface area contributed by atoms with Crippen LogP contribution >= 0.6 is 0 Å². The van der Waals surface area contributed by atoms with E-state index in [-0.39, 0.29) is 17.8 Å². The topological polar surface area (TPSA) is 81.7 Å². The van der Waals surface area contributed by atoms with Crippen molar-refractivity contribution >= 4 is 17.7 Å². The number of esters is 2. The zero-order chi connectivity index (χ0) is 22.1. The van der Waals surface area contributed by atoms with E-state index in [1.165, 1.54) is 13.0 Å². The Kier molecular flexibility index (Phi) is 5.97. The number of carbonyl (C=O) groups excluding carboxylic acids is 3. The molecule has 0 radical (unpaired) electrons. The zero-order valence-electron chi connectivity index (χ0n) is 17.8. The van der Waals surface area contributed by atoms with Gasteiger partial charge in [0.1, 0.15) is 12.4 Å². The fourth-order valence-corrected chi connectivity index (χ4v) is 4.15. The lowest BCUT2D eigenvalue weighted by molar-refractivity contribution is -0.138. The molecule has 0 fully saturated rings. The Hall–Kier alpha value is -3.15. The molecule has 0 bridgehead atoms. The van der Waals surface area contributed by atoms with E-state index in [2.05, 4.69) is 25.7 Å². The molecule has 6 nitrogen and oxygen atoms in total. The molecule has 158 valence electrons. The number of allylic oxidation sites excluding steroid dienone is 3. The number of rotatable bonds is 5. The Morgan fingerprint density at radius 1 is 1.23 bits per heavy atom. The molecule has 1 heterocycles. The van der Waals surface area contributed by atoms with Crippen molar-refractivity contribution in [2.24, 2.45) is 5.41 Å². The van der Waals surface area contributed by atoms with E-state index in [4.69, 9.17) is 9.47 Å². The minimum Gasteiger partial charge on any atom is -0.458 e. The summed E-state index contributed by atoms with van der Waals surface area (Å²) in [5, 5.41) is 3.29. The van der Waals surface area contributed by atoms with Gasteiger partial charge in [-0.05, 0) is 36.5 Å². The quantitative estimate of drug-likeness (QED) is 0.451. The van der Waals surface area contributed by atoms with Crippen molar-refractivity contribution in [2.75, 3.05) is 6.61 Å². The molecule has 6 heteroatoms. The Bertz CT molecular complexity index is 966. The largest absolute Gasteiger partial charge is 0.458 e. The third-order valence-electron chi connectivity index (χ3n) is 5.27. The summed E-state index contributed by atoms with van der Waals surface area (Å²) in [6, 6.07) is 6.89. The summed E-state index contributed by atoms with van der Waals surface area (Å²) in [7, 11) is 0. The van der Waals surface area contributed by atoms with Crippen LogP contribution in [0, 0.1) is 5.41 Å². The maximum atomic E-state index is 13.2. The third kappa shape index (κ3) is 4.37. The maximum Gasteiger partial charge on any atom is 0.337 e. The van der Waals surface area contributed by atoms with Gasteiger partial charge in [-0.3, -0.25) is 9.59 Å². The van der Waals surface area contributed by atoms with E-state index < -0.39 is 17.9 Å². The van der Waals surface area contributed by atoms with Gasteiger partial charge in [0, 0.05) is 36.2 Å². The lowest BCUT2D eigenvalue weighted by atomic mass is 9.68. The van der Waals surface area contributed by atoms with Crippen LogP contribution in [0.15, 0.2) is 59.5 Å². The van der Waals surface area contributed by atoms with Crippen molar-refractivity contribution in [1.29, 1.82) is 0 Å². The highest BCUT2D eigenvalue weighted by Gasteiger charge is 2.43. The standard InChI is InChI=1S/C24H27NO5/c1-6-11-29-23(28)20-14(2)25-18-12-24(4,5)13-19(27)22(18)21(20)16-7-9-17(10-8-16)30-15(3)26/h6-10,21,25H,1,11-13H2,2-5H3/t21-/m1/s1. The van der Waals surface area contributed by atoms with Gasteiger partial charge >= 0.3 is 11.9 Å². The van der Waals surface area contributed by atoms with Crippen LogP contribution in [0.25, 0.3) is 0 Å². The first-order chi connectivity index (χ1) is 14.1. The van der Waals surface area contributed by atoms with Gasteiger partial charge in [-0.2, -0.15) is 0 Å². The van der Waals surface area contributed by atoms with E-state index in [0.29, 0.717) is 35.4 Å². The van der Waals surface area contributed by atoms with Gasteiger partial charge in [-0.15, -0.1) is 0 Å². The van der Waals surface area contributed by atoms with Crippen LogP contribution in [-0.4, -0.2) is 24.3 Å². The zero-order valence-corrected chi connectivity index (χ0v) is 17.8. The lowest BCUT2D eigenvalue weighted by Crippen LogP contribution is -2.38. The molecule has 0 saturated heterocycles. The van der Waals surface area contributed by atoms with Crippen molar-refractivity contribution in [2.45, 2.75) is 46.5 Å². The molecule has 1 N–H and O–H groups in total. The molecule has 1 aliphatic heterocycles. The summed E-state index contributed by atoms with van der Waals surface area (Å²) in [4.78, 5) is 37.3. The van der Waals surface area contributed by atoms with Crippen LogP contribution in [-0.2, 0) is 19.1 Å². The van der Waals surface area contributed by atoms with Gasteiger partial charge in [0.15, 0.2) is 5.78 Å². The molecule has 1 atom stereocenters. The molecule has 30 heavy (non-hydrogen) atoms.